The van der Waals surface area contributed by atoms with Crippen LogP contribution in [0.4, 0.5) is 5.13 Å². The minimum atomic E-state index is -0.145. The van der Waals surface area contributed by atoms with Crippen molar-refractivity contribution in [2.75, 3.05) is 12.0 Å². The molecule has 1 amide bonds. The molecule has 0 atom stereocenters. The summed E-state index contributed by atoms with van der Waals surface area (Å²) in [6.45, 7) is 2.35. The Morgan fingerprint density at radius 3 is 2.52 bits per heavy atom. The molecule has 0 aliphatic heterocycles. The molecule has 0 fully saturated rings. The van der Waals surface area contributed by atoms with Crippen LogP contribution in [0.3, 0.4) is 0 Å². The molecule has 5 nitrogen and oxygen atoms in total. The van der Waals surface area contributed by atoms with E-state index in [2.05, 4.69) is 19.1 Å². The summed E-state index contributed by atoms with van der Waals surface area (Å²) in [5, 5.41) is 2.59. The van der Waals surface area contributed by atoms with Crippen LogP contribution in [0.1, 0.15) is 21.7 Å². The van der Waals surface area contributed by atoms with E-state index in [-0.39, 0.29) is 5.91 Å². The first kappa shape index (κ1) is 19.0. The quantitative estimate of drug-likeness (QED) is 0.422. The number of aryl methyl sites for hydroxylation is 1. The maximum atomic E-state index is 13.3. The lowest BCUT2D eigenvalue weighted by Gasteiger charge is -2.19. The molecule has 29 heavy (non-hydrogen) atoms. The van der Waals surface area contributed by atoms with Gasteiger partial charge in [-0.25, -0.2) is 4.98 Å². The number of amides is 1. The van der Waals surface area contributed by atoms with E-state index in [0.717, 1.165) is 11.3 Å². The molecule has 6 heteroatoms. The Labute approximate surface area is 173 Å². The fourth-order valence-corrected chi connectivity index (χ4v) is 3.75. The molecule has 0 aliphatic rings. The van der Waals surface area contributed by atoms with Crippen molar-refractivity contribution in [3.63, 3.8) is 0 Å². The number of anilines is 1. The molecule has 0 N–H and O–H groups in total. The van der Waals surface area contributed by atoms with Gasteiger partial charge in [0.05, 0.1) is 25.6 Å². The van der Waals surface area contributed by atoms with E-state index >= 15 is 0 Å². The van der Waals surface area contributed by atoms with Gasteiger partial charge in [0.1, 0.15) is 11.5 Å². The number of methoxy groups -OCH3 is 1. The summed E-state index contributed by atoms with van der Waals surface area (Å²) in [4.78, 5) is 19.6. The topological polar surface area (TPSA) is 55.6 Å². The molecule has 0 radical (unpaired) electrons. The van der Waals surface area contributed by atoms with E-state index in [1.165, 1.54) is 16.9 Å². The lowest BCUT2D eigenvalue weighted by molar-refractivity contribution is 0.0983. The number of thiazole rings is 1. The predicted molar refractivity (Wildman–Crippen MR) is 115 cm³/mol. The van der Waals surface area contributed by atoms with Crippen LogP contribution in [-0.2, 0) is 6.54 Å². The zero-order chi connectivity index (χ0) is 20.2. The van der Waals surface area contributed by atoms with Gasteiger partial charge in [-0.3, -0.25) is 9.69 Å². The summed E-state index contributed by atoms with van der Waals surface area (Å²) in [6.07, 6.45) is 1.60. The highest BCUT2D eigenvalue weighted by molar-refractivity contribution is 7.14. The van der Waals surface area contributed by atoms with Crippen molar-refractivity contribution in [2.45, 2.75) is 13.5 Å². The lowest BCUT2D eigenvalue weighted by Crippen LogP contribution is -2.30. The van der Waals surface area contributed by atoms with Gasteiger partial charge in [-0.1, -0.05) is 29.8 Å². The fraction of sp³-hybridized carbons (Fsp3) is 0.130. The highest BCUT2D eigenvalue weighted by Crippen LogP contribution is 2.30. The van der Waals surface area contributed by atoms with E-state index < -0.39 is 0 Å². The summed E-state index contributed by atoms with van der Waals surface area (Å²) < 4.78 is 10.7. The third-order valence-corrected chi connectivity index (χ3v) is 5.41. The molecule has 146 valence electrons. The van der Waals surface area contributed by atoms with Gasteiger partial charge in [0, 0.05) is 16.5 Å². The highest BCUT2D eigenvalue weighted by Gasteiger charge is 2.22. The molecule has 4 rings (SSSR count). The SMILES string of the molecule is COc1ccc(C(=O)N(Cc2ccco2)c2nc(-c3ccc(C)cc3)cs2)cc1. The number of aromatic nitrogens is 1. The molecule has 0 spiro atoms. The van der Waals surface area contributed by atoms with Crippen LogP contribution in [0.5, 0.6) is 5.75 Å². The van der Waals surface area contributed by atoms with E-state index in [4.69, 9.17) is 14.1 Å². The lowest BCUT2D eigenvalue weighted by atomic mass is 10.1. The first-order valence-corrected chi connectivity index (χ1v) is 10.0. The van der Waals surface area contributed by atoms with E-state index in [1.807, 2.05) is 29.6 Å². The number of furan rings is 1. The number of nitrogens with zero attached hydrogens (tertiary/aromatic N) is 2. The molecule has 4 aromatic rings. The van der Waals surface area contributed by atoms with Crippen molar-refractivity contribution in [3.05, 3.63) is 89.2 Å². The summed E-state index contributed by atoms with van der Waals surface area (Å²) in [5.41, 5.74) is 3.62. The number of rotatable bonds is 6. The van der Waals surface area contributed by atoms with Gasteiger partial charge in [-0.2, -0.15) is 0 Å². The van der Waals surface area contributed by atoms with Crippen LogP contribution < -0.4 is 9.64 Å². The first-order valence-electron chi connectivity index (χ1n) is 9.15. The van der Waals surface area contributed by atoms with Gasteiger partial charge in [-0.15, -0.1) is 11.3 Å². The van der Waals surface area contributed by atoms with Crippen molar-refractivity contribution in [3.8, 4) is 17.0 Å². The standard InChI is InChI=1S/C23H20N2O3S/c1-16-5-7-17(8-6-16)21-15-29-23(24-21)25(14-20-4-3-13-28-20)22(26)18-9-11-19(27-2)12-10-18/h3-13,15H,14H2,1-2H3. The molecule has 2 heterocycles. The molecule has 0 aliphatic carbocycles. The number of benzene rings is 2. The summed E-state index contributed by atoms with van der Waals surface area (Å²) in [7, 11) is 1.60. The van der Waals surface area contributed by atoms with Crippen LogP contribution in [0.15, 0.2) is 76.7 Å². The molecule has 0 saturated heterocycles. The second-order valence-corrected chi connectivity index (χ2v) is 7.42. The van der Waals surface area contributed by atoms with Gasteiger partial charge in [0.25, 0.3) is 5.91 Å². The Morgan fingerprint density at radius 2 is 1.86 bits per heavy atom. The average Bonchev–Trinajstić information content (AvgIpc) is 3.44. The molecule has 0 bridgehead atoms. The average molecular weight is 404 g/mol. The summed E-state index contributed by atoms with van der Waals surface area (Å²) >= 11 is 1.44. The molecule has 2 aromatic heterocycles. The Hall–Kier alpha value is -3.38. The van der Waals surface area contributed by atoms with Crippen LogP contribution in [0.25, 0.3) is 11.3 Å². The fourth-order valence-electron chi connectivity index (χ4n) is 2.92. The Balaban J connectivity index is 1.66. The molecular formula is C23H20N2O3S. The van der Waals surface area contributed by atoms with Gasteiger partial charge in [-0.05, 0) is 43.3 Å². The van der Waals surface area contributed by atoms with E-state index in [1.54, 1.807) is 42.5 Å². The zero-order valence-corrected chi connectivity index (χ0v) is 17.0. The first-order chi connectivity index (χ1) is 14.1. The number of ether oxygens (including phenoxy) is 1. The third-order valence-electron chi connectivity index (χ3n) is 4.55. The van der Waals surface area contributed by atoms with Crippen molar-refractivity contribution >= 4 is 22.4 Å². The molecule has 0 saturated carbocycles. The van der Waals surface area contributed by atoms with Crippen molar-refractivity contribution in [1.29, 1.82) is 0 Å². The Morgan fingerprint density at radius 1 is 1.10 bits per heavy atom. The number of hydrogen-bond donors (Lipinski definition) is 0. The summed E-state index contributed by atoms with van der Waals surface area (Å²) in [6, 6.07) is 18.9. The van der Waals surface area contributed by atoms with Crippen LogP contribution in [0, 0.1) is 6.92 Å². The zero-order valence-electron chi connectivity index (χ0n) is 16.2. The van der Waals surface area contributed by atoms with Crippen molar-refractivity contribution < 1.29 is 13.9 Å². The second-order valence-electron chi connectivity index (χ2n) is 6.58. The Bertz CT molecular complexity index is 1080. The van der Waals surface area contributed by atoms with Crippen LogP contribution in [-0.4, -0.2) is 18.0 Å². The van der Waals surface area contributed by atoms with Gasteiger partial charge < -0.3 is 9.15 Å². The maximum absolute atomic E-state index is 13.3. The van der Waals surface area contributed by atoms with Gasteiger partial charge >= 0.3 is 0 Å². The monoisotopic (exact) mass is 404 g/mol. The second kappa shape index (κ2) is 8.32. The third kappa shape index (κ3) is 4.22. The van der Waals surface area contributed by atoms with Gasteiger partial charge in [0.15, 0.2) is 5.13 Å². The van der Waals surface area contributed by atoms with E-state index in [0.29, 0.717) is 28.7 Å². The Kier molecular flexibility index (Phi) is 5.44. The largest absolute Gasteiger partial charge is 0.497 e. The van der Waals surface area contributed by atoms with Crippen molar-refractivity contribution in [1.82, 2.24) is 4.98 Å². The smallest absolute Gasteiger partial charge is 0.260 e. The summed E-state index contributed by atoms with van der Waals surface area (Å²) in [5.74, 6) is 1.25. The van der Waals surface area contributed by atoms with Crippen LogP contribution in [0.2, 0.25) is 0 Å². The molecule has 2 aromatic carbocycles. The van der Waals surface area contributed by atoms with E-state index in [9.17, 15) is 4.79 Å². The number of carbonyl (C=O) groups excluding carboxylic acids is 1. The predicted octanol–water partition coefficient (Wildman–Crippen LogP) is 5.57. The maximum Gasteiger partial charge on any atom is 0.260 e. The van der Waals surface area contributed by atoms with Crippen molar-refractivity contribution in [2.24, 2.45) is 0 Å². The molecular weight excluding hydrogens is 384 g/mol. The highest BCUT2D eigenvalue weighted by atomic mass is 32.1. The minimum absolute atomic E-state index is 0.145. The van der Waals surface area contributed by atoms with Crippen LogP contribution >= 0.6 is 11.3 Å². The number of hydrogen-bond acceptors (Lipinski definition) is 5. The molecule has 0 unspecified atom stereocenters. The normalized spacial score (nSPS) is 10.7. The number of carbonyl (C=O) groups is 1. The minimum Gasteiger partial charge on any atom is -0.497 e. The van der Waals surface area contributed by atoms with Gasteiger partial charge in [0.2, 0.25) is 0 Å².